The molecule has 7 nitrogen and oxygen atoms in total. The lowest BCUT2D eigenvalue weighted by molar-refractivity contribution is -0.137. The van der Waals surface area contributed by atoms with Gasteiger partial charge in [-0.05, 0) is 36.0 Å². The van der Waals surface area contributed by atoms with Crippen LogP contribution < -0.4 is 0 Å². The summed E-state index contributed by atoms with van der Waals surface area (Å²) in [6.45, 7) is 7.24. The van der Waals surface area contributed by atoms with Gasteiger partial charge in [0.25, 0.3) is 0 Å². The number of rotatable bonds is 5. The summed E-state index contributed by atoms with van der Waals surface area (Å²) in [6.07, 6.45) is -4.82. The topological polar surface area (TPSA) is 73.3 Å². The standard InChI is InChI=1S/C23H32F3N3O4/c1-16(2)12-29(22(31)32)14-17-11-19(18-3-5-20(6-4-18)23(24,25)26)15-28(13-17)21(30)27-7-9-33-10-8-27/h3-6,16-17,19H,7-15H2,1-2H3,(H,31,32). The molecule has 2 unspecified atom stereocenters. The molecule has 2 atom stereocenters. The summed E-state index contributed by atoms with van der Waals surface area (Å²) in [5, 5.41) is 9.64. The van der Waals surface area contributed by atoms with Crippen molar-refractivity contribution in [3.05, 3.63) is 35.4 Å². The molecule has 0 aliphatic carbocycles. The number of hydrogen-bond acceptors (Lipinski definition) is 3. The number of likely N-dealkylation sites (tertiary alicyclic amines) is 1. The van der Waals surface area contributed by atoms with Crippen LogP contribution in [-0.4, -0.2) is 84.4 Å². The largest absolute Gasteiger partial charge is 0.465 e. The van der Waals surface area contributed by atoms with Crippen molar-refractivity contribution >= 4 is 12.1 Å². The fourth-order valence-electron chi connectivity index (χ4n) is 4.62. The van der Waals surface area contributed by atoms with Crippen LogP contribution in [0.2, 0.25) is 0 Å². The van der Waals surface area contributed by atoms with Gasteiger partial charge in [-0.25, -0.2) is 9.59 Å². The Morgan fingerprint density at radius 2 is 1.76 bits per heavy atom. The molecule has 1 aromatic carbocycles. The van der Waals surface area contributed by atoms with Crippen LogP contribution in [0.5, 0.6) is 0 Å². The van der Waals surface area contributed by atoms with Gasteiger partial charge >= 0.3 is 18.3 Å². The maximum Gasteiger partial charge on any atom is 0.416 e. The highest BCUT2D eigenvalue weighted by molar-refractivity contribution is 5.75. The number of piperidine rings is 1. The number of morpholine rings is 1. The van der Waals surface area contributed by atoms with Gasteiger partial charge in [0.2, 0.25) is 0 Å². The predicted octanol–water partition coefficient (Wildman–Crippen LogP) is 4.20. The maximum atomic E-state index is 13.2. The van der Waals surface area contributed by atoms with E-state index in [1.54, 1.807) is 9.80 Å². The lowest BCUT2D eigenvalue weighted by atomic mass is 9.84. The summed E-state index contributed by atoms with van der Waals surface area (Å²) in [7, 11) is 0. The van der Waals surface area contributed by atoms with Crippen molar-refractivity contribution in [2.75, 3.05) is 52.5 Å². The van der Waals surface area contributed by atoms with Crippen LogP contribution in [0.15, 0.2) is 24.3 Å². The first kappa shape index (κ1) is 25.1. The van der Waals surface area contributed by atoms with Gasteiger partial charge in [-0.1, -0.05) is 26.0 Å². The molecule has 33 heavy (non-hydrogen) atoms. The lowest BCUT2D eigenvalue weighted by Crippen LogP contribution is -2.53. The second-order valence-corrected chi connectivity index (χ2v) is 9.29. The first-order valence-electron chi connectivity index (χ1n) is 11.3. The molecular weight excluding hydrogens is 439 g/mol. The molecule has 0 aromatic heterocycles. The molecule has 3 rings (SSSR count). The van der Waals surface area contributed by atoms with E-state index in [4.69, 9.17) is 4.74 Å². The van der Waals surface area contributed by atoms with Crippen LogP contribution in [0.1, 0.15) is 37.3 Å². The summed E-state index contributed by atoms with van der Waals surface area (Å²) in [5.41, 5.74) is 0.00653. The third kappa shape index (κ3) is 6.75. The highest BCUT2D eigenvalue weighted by atomic mass is 19.4. The zero-order valence-corrected chi connectivity index (χ0v) is 19.1. The van der Waals surface area contributed by atoms with E-state index in [2.05, 4.69) is 0 Å². The van der Waals surface area contributed by atoms with Gasteiger partial charge in [0.1, 0.15) is 0 Å². The molecule has 10 heteroatoms. The van der Waals surface area contributed by atoms with E-state index in [9.17, 15) is 27.9 Å². The van der Waals surface area contributed by atoms with E-state index in [-0.39, 0.29) is 30.3 Å². The van der Waals surface area contributed by atoms with Crippen molar-refractivity contribution in [3.8, 4) is 0 Å². The van der Waals surface area contributed by atoms with Crippen LogP contribution in [-0.2, 0) is 10.9 Å². The minimum atomic E-state index is -4.41. The van der Waals surface area contributed by atoms with Crippen molar-refractivity contribution < 1.29 is 32.6 Å². The van der Waals surface area contributed by atoms with Crippen LogP contribution in [0.3, 0.4) is 0 Å². The summed E-state index contributed by atoms with van der Waals surface area (Å²) >= 11 is 0. The van der Waals surface area contributed by atoms with E-state index in [0.29, 0.717) is 52.4 Å². The number of carboxylic acid groups (broad SMARTS) is 1. The molecule has 2 fully saturated rings. The van der Waals surface area contributed by atoms with Crippen molar-refractivity contribution in [3.63, 3.8) is 0 Å². The van der Waals surface area contributed by atoms with Gasteiger partial charge in [-0.2, -0.15) is 13.2 Å². The van der Waals surface area contributed by atoms with Crippen LogP contribution in [0.4, 0.5) is 22.8 Å². The van der Waals surface area contributed by atoms with Gasteiger partial charge in [-0.3, -0.25) is 0 Å². The van der Waals surface area contributed by atoms with Crippen molar-refractivity contribution in [2.24, 2.45) is 11.8 Å². The summed E-state index contributed by atoms with van der Waals surface area (Å²) in [5.74, 6) is -0.141. The number of ether oxygens (including phenoxy) is 1. The molecule has 2 aliphatic rings. The van der Waals surface area contributed by atoms with Crippen LogP contribution in [0, 0.1) is 11.8 Å². The van der Waals surface area contributed by atoms with E-state index < -0.39 is 17.8 Å². The van der Waals surface area contributed by atoms with E-state index >= 15 is 0 Å². The number of carbonyl (C=O) groups is 2. The Kier molecular flexibility index (Phi) is 8.10. The van der Waals surface area contributed by atoms with Crippen molar-refractivity contribution in [1.82, 2.24) is 14.7 Å². The number of alkyl halides is 3. The van der Waals surface area contributed by atoms with E-state index in [1.165, 1.54) is 17.0 Å². The minimum absolute atomic E-state index is 0.120. The molecule has 0 bridgehead atoms. The minimum Gasteiger partial charge on any atom is -0.465 e. The SMILES string of the molecule is CC(C)CN(CC1CC(c2ccc(C(F)(F)F)cc2)CN(C(=O)N2CCOCC2)C1)C(=O)O. The summed E-state index contributed by atoms with van der Waals surface area (Å²) in [4.78, 5) is 29.8. The van der Waals surface area contributed by atoms with E-state index in [1.807, 2.05) is 13.8 Å². The first-order valence-corrected chi connectivity index (χ1v) is 11.3. The number of halogens is 3. The normalized spacial score (nSPS) is 21.9. The molecule has 1 N–H and O–H groups in total. The Bertz CT molecular complexity index is 810. The van der Waals surface area contributed by atoms with Gasteiger partial charge < -0.3 is 24.5 Å². The van der Waals surface area contributed by atoms with Crippen molar-refractivity contribution in [2.45, 2.75) is 32.4 Å². The second-order valence-electron chi connectivity index (χ2n) is 9.29. The summed E-state index contributed by atoms with van der Waals surface area (Å²) in [6, 6.07) is 4.93. The average Bonchev–Trinajstić information content (AvgIpc) is 2.77. The molecule has 0 saturated carbocycles. The Hall–Kier alpha value is -2.49. The van der Waals surface area contributed by atoms with Gasteiger partial charge in [0, 0.05) is 45.2 Å². The van der Waals surface area contributed by atoms with Gasteiger partial charge in [0.05, 0.1) is 18.8 Å². The molecule has 0 spiro atoms. The molecule has 184 valence electrons. The number of hydrogen-bond donors (Lipinski definition) is 1. The van der Waals surface area contributed by atoms with Crippen LogP contribution >= 0.6 is 0 Å². The first-order chi connectivity index (χ1) is 15.5. The van der Waals surface area contributed by atoms with Gasteiger partial charge in [-0.15, -0.1) is 0 Å². The van der Waals surface area contributed by atoms with Gasteiger partial charge in [0.15, 0.2) is 0 Å². The fraction of sp³-hybridized carbons (Fsp3) is 0.652. The van der Waals surface area contributed by atoms with Crippen molar-refractivity contribution in [1.29, 1.82) is 0 Å². The molecule has 1 aromatic rings. The molecule has 0 radical (unpaired) electrons. The molecule has 2 saturated heterocycles. The molecular formula is C23H32F3N3O4. The Morgan fingerprint density at radius 1 is 1.12 bits per heavy atom. The number of carbonyl (C=O) groups excluding carboxylic acids is 1. The maximum absolute atomic E-state index is 13.2. The molecule has 3 amide bonds. The number of nitrogens with zero attached hydrogens (tertiary/aromatic N) is 3. The van der Waals surface area contributed by atoms with E-state index in [0.717, 1.165) is 17.7 Å². The second kappa shape index (κ2) is 10.6. The highest BCUT2D eigenvalue weighted by Gasteiger charge is 2.36. The third-order valence-electron chi connectivity index (χ3n) is 6.13. The smallest absolute Gasteiger partial charge is 0.416 e. The Balaban J connectivity index is 1.81. The molecule has 2 aliphatic heterocycles. The number of amides is 3. The van der Waals surface area contributed by atoms with Crippen LogP contribution in [0.25, 0.3) is 0 Å². The average molecular weight is 472 g/mol. The zero-order chi connectivity index (χ0) is 24.2. The quantitative estimate of drug-likeness (QED) is 0.699. The predicted molar refractivity (Wildman–Crippen MR) is 116 cm³/mol. The number of benzene rings is 1. The Labute approximate surface area is 192 Å². The third-order valence-corrected chi connectivity index (χ3v) is 6.13. The Morgan fingerprint density at radius 3 is 2.30 bits per heavy atom. The lowest BCUT2D eigenvalue weighted by Gasteiger charge is -2.42. The highest BCUT2D eigenvalue weighted by Crippen LogP contribution is 2.34. The monoisotopic (exact) mass is 471 g/mol. The molecule has 2 heterocycles. The zero-order valence-electron chi connectivity index (χ0n) is 19.1. The summed E-state index contributed by atoms with van der Waals surface area (Å²) < 4.78 is 44.3. The number of urea groups is 1. The fourth-order valence-corrected chi connectivity index (χ4v) is 4.62.